The van der Waals surface area contributed by atoms with Crippen LogP contribution in [0, 0.1) is 6.92 Å². The molecule has 3 rings (SSSR count). The second kappa shape index (κ2) is 9.22. The lowest BCUT2D eigenvalue weighted by molar-refractivity contribution is -0.181. The summed E-state index contributed by atoms with van der Waals surface area (Å²) in [6.45, 7) is 1.19. The summed E-state index contributed by atoms with van der Waals surface area (Å²) in [6, 6.07) is 4.86. The predicted molar refractivity (Wildman–Crippen MR) is 98.0 cm³/mol. The van der Waals surface area contributed by atoms with E-state index < -0.39 is 65.8 Å². The highest BCUT2D eigenvalue weighted by Gasteiger charge is 2.50. The highest BCUT2D eigenvalue weighted by atomic mass is 19.4. The monoisotopic (exact) mass is 496 g/mol. The van der Waals surface area contributed by atoms with Crippen molar-refractivity contribution in [2.75, 3.05) is 0 Å². The number of aryl methyl sites for hydroxylation is 1. The molecule has 34 heavy (non-hydrogen) atoms. The van der Waals surface area contributed by atoms with Gasteiger partial charge in [0.15, 0.2) is 12.5 Å². The number of hydrogen-bond acceptors (Lipinski definition) is 6. The number of hydrogen-bond donors (Lipinski definition) is 1. The molecule has 2 aromatic carbocycles. The quantitative estimate of drug-likeness (QED) is 0.499. The molecule has 2 aromatic rings. The molecule has 1 unspecified atom stereocenters. The Morgan fingerprint density at radius 3 is 1.97 bits per heavy atom. The Bertz CT molecular complexity index is 1060. The van der Waals surface area contributed by atoms with Crippen LogP contribution < -0.4 is 0 Å². The van der Waals surface area contributed by atoms with Crippen LogP contribution in [0.3, 0.4) is 0 Å². The van der Waals surface area contributed by atoms with Crippen LogP contribution in [0.25, 0.3) is 0 Å². The summed E-state index contributed by atoms with van der Waals surface area (Å²) in [4.78, 5) is 24.6. The molecule has 0 bridgehead atoms. The molecule has 0 saturated carbocycles. The Morgan fingerprint density at radius 1 is 0.882 bits per heavy atom. The summed E-state index contributed by atoms with van der Waals surface area (Å²) in [7, 11) is 0. The van der Waals surface area contributed by atoms with Crippen molar-refractivity contribution in [3.8, 4) is 0 Å². The maximum absolute atomic E-state index is 14.3. The minimum absolute atomic E-state index is 0.131. The molecule has 1 N–H and O–H groups in total. The Labute approximate surface area is 186 Å². The number of carbonyl (C=O) groups is 2. The average Bonchev–Trinajstić information content (AvgIpc) is 2.99. The van der Waals surface area contributed by atoms with Crippen molar-refractivity contribution >= 4 is 11.9 Å². The zero-order valence-electron chi connectivity index (χ0n) is 17.0. The average molecular weight is 496 g/mol. The fourth-order valence-electron chi connectivity index (χ4n) is 3.04. The molecule has 184 valence electrons. The van der Waals surface area contributed by atoms with Crippen molar-refractivity contribution in [1.29, 1.82) is 0 Å². The Morgan fingerprint density at radius 2 is 1.44 bits per heavy atom. The van der Waals surface area contributed by atoms with Crippen LogP contribution in [0.15, 0.2) is 42.5 Å². The van der Waals surface area contributed by atoms with Gasteiger partial charge in [0, 0.05) is 0 Å². The number of aliphatic hydroxyl groups is 1. The van der Waals surface area contributed by atoms with Gasteiger partial charge in [-0.3, -0.25) is 0 Å². The van der Waals surface area contributed by atoms with Crippen molar-refractivity contribution in [1.82, 2.24) is 0 Å². The lowest BCUT2D eigenvalue weighted by Crippen LogP contribution is -2.37. The van der Waals surface area contributed by atoms with Gasteiger partial charge < -0.3 is 19.3 Å². The molecular weight excluding hydrogens is 481 g/mol. The molecule has 1 aliphatic rings. The van der Waals surface area contributed by atoms with Crippen LogP contribution >= 0.6 is 0 Å². The lowest BCUT2D eigenvalue weighted by atomic mass is 10.0. The number of carbonyl (C=O) groups excluding carboxylic acids is 2. The van der Waals surface area contributed by atoms with Gasteiger partial charge in [-0.1, -0.05) is 0 Å². The topological polar surface area (TPSA) is 82.1 Å². The number of aliphatic hydroxyl groups excluding tert-OH is 1. The molecular formula is C21H15F7O6. The Hall–Kier alpha value is -3.19. The molecule has 0 radical (unpaired) electrons. The van der Waals surface area contributed by atoms with E-state index in [1.54, 1.807) is 0 Å². The molecule has 4 atom stereocenters. The summed E-state index contributed by atoms with van der Waals surface area (Å²) < 4.78 is 105. The van der Waals surface area contributed by atoms with E-state index in [1.165, 1.54) is 6.92 Å². The molecule has 0 amide bonds. The lowest BCUT2D eigenvalue weighted by Gasteiger charge is -2.20. The minimum Gasteiger partial charge on any atom is -0.449 e. The first-order valence-corrected chi connectivity index (χ1v) is 9.43. The van der Waals surface area contributed by atoms with E-state index in [9.17, 15) is 45.4 Å². The van der Waals surface area contributed by atoms with E-state index in [0.717, 1.165) is 18.2 Å². The van der Waals surface area contributed by atoms with Crippen LogP contribution in [-0.4, -0.2) is 41.9 Å². The number of ether oxygens (including phenoxy) is 3. The molecule has 1 fully saturated rings. The largest absolute Gasteiger partial charge is 0.449 e. The van der Waals surface area contributed by atoms with Gasteiger partial charge in [0.05, 0.1) is 22.3 Å². The van der Waals surface area contributed by atoms with Crippen molar-refractivity contribution in [3.63, 3.8) is 0 Å². The normalized spacial score (nSPS) is 23.0. The highest BCUT2D eigenvalue weighted by Crippen LogP contribution is 2.32. The summed E-state index contributed by atoms with van der Waals surface area (Å²) in [6.07, 6.45) is -17.9. The zero-order chi connectivity index (χ0) is 25.4. The molecule has 1 heterocycles. The van der Waals surface area contributed by atoms with Crippen molar-refractivity contribution in [2.24, 2.45) is 0 Å². The first-order chi connectivity index (χ1) is 15.7. The van der Waals surface area contributed by atoms with Gasteiger partial charge in [-0.05, 0) is 55.0 Å². The summed E-state index contributed by atoms with van der Waals surface area (Å²) in [5.74, 6) is -2.56. The first kappa shape index (κ1) is 25.4. The van der Waals surface area contributed by atoms with Crippen LogP contribution in [0.2, 0.25) is 0 Å². The van der Waals surface area contributed by atoms with Crippen LogP contribution in [0.1, 0.15) is 37.4 Å². The van der Waals surface area contributed by atoms with Crippen molar-refractivity contribution < 1.29 is 59.6 Å². The third-order valence-electron chi connectivity index (χ3n) is 4.82. The summed E-state index contributed by atoms with van der Waals surface area (Å²) >= 11 is 0. The van der Waals surface area contributed by atoms with Gasteiger partial charge in [0.25, 0.3) is 0 Å². The van der Waals surface area contributed by atoms with Crippen LogP contribution in [0.5, 0.6) is 0 Å². The second-order valence-electron chi connectivity index (χ2n) is 7.22. The van der Waals surface area contributed by atoms with E-state index in [0.29, 0.717) is 24.3 Å². The van der Waals surface area contributed by atoms with Crippen molar-refractivity contribution in [2.45, 2.75) is 44.1 Å². The number of halogens is 7. The standard InChI is InChI=1S/C21H15F7O6/c1-9-8-12(21(26,27)28)6-7-13(9)17(30)33-19-15(14(22)18(31)34-19)32-16(29)10-2-4-11(5-3-10)20(23,24)25/h2-8,14-15,18-19,31H,1H3/t14-,15-,18?,19-/m0/s1. The molecule has 0 spiro atoms. The van der Waals surface area contributed by atoms with E-state index in [1.807, 2.05) is 0 Å². The Balaban J connectivity index is 1.74. The first-order valence-electron chi connectivity index (χ1n) is 9.43. The van der Waals surface area contributed by atoms with E-state index in [-0.39, 0.29) is 11.1 Å². The van der Waals surface area contributed by atoms with E-state index >= 15 is 0 Å². The number of rotatable bonds is 4. The summed E-state index contributed by atoms with van der Waals surface area (Å²) in [5.41, 5.74) is -2.94. The molecule has 13 heteroatoms. The van der Waals surface area contributed by atoms with Crippen LogP contribution in [0.4, 0.5) is 30.7 Å². The highest BCUT2D eigenvalue weighted by molar-refractivity contribution is 5.91. The van der Waals surface area contributed by atoms with Gasteiger partial charge in [0.2, 0.25) is 12.4 Å². The van der Waals surface area contributed by atoms with Gasteiger partial charge in [-0.15, -0.1) is 0 Å². The van der Waals surface area contributed by atoms with Gasteiger partial charge in [-0.2, -0.15) is 26.3 Å². The molecule has 1 aliphatic heterocycles. The fraction of sp³-hybridized carbons (Fsp3) is 0.333. The van der Waals surface area contributed by atoms with Gasteiger partial charge >= 0.3 is 24.3 Å². The van der Waals surface area contributed by atoms with E-state index in [4.69, 9.17) is 14.2 Å². The molecule has 1 saturated heterocycles. The molecule has 0 aliphatic carbocycles. The smallest absolute Gasteiger partial charge is 0.416 e. The third-order valence-corrected chi connectivity index (χ3v) is 4.82. The number of esters is 2. The molecule has 0 aromatic heterocycles. The third kappa shape index (κ3) is 5.47. The second-order valence-corrected chi connectivity index (χ2v) is 7.22. The van der Waals surface area contributed by atoms with E-state index in [2.05, 4.69) is 0 Å². The van der Waals surface area contributed by atoms with Gasteiger partial charge in [-0.25, -0.2) is 14.0 Å². The SMILES string of the molecule is Cc1cc(C(F)(F)F)ccc1C(=O)O[C@H]1OC(O)[C@@H](F)[C@@H]1OC(=O)c1ccc(C(F)(F)F)cc1. The maximum Gasteiger partial charge on any atom is 0.416 e. The predicted octanol–water partition coefficient (Wildman–Crippen LogP) is 4.43. The van der Waals surface area contributed by atoms with Gasteiger partial charge in [0.1, 0.15) is 0 Å². The molecule has 6 nitrogen and oxygen atoms in total. The summed E-state index contributed by atoms with van der Waals surface area (Å²) in [5, 5.41) is 9.58. The fourth-order valence-corrected chi connectivity index (χ4v) is 3.04. The number of benzene rings is 2. The van der Waals surface area contributed by atoms with Crippen LogP contribution in [-0.2, 0) is 26.6 Å². The Kier molecular flexibility index (Phi) is 6.90. The maximum atomic E-state index is 14.3. The van der Waals surface area contributed by atoms with Crippen molar-refractivity contribution in [3.05, 3.63) is 70.3 Å². The zero-order valence-corrected chi connectivity index (χ0v) is 17.0. The minimum atomic E-state index is -4.66. The number of alkyl halides is 7.